The molecule has 1 aromatic carbocycles. The normalized spacial score (nSPS) is 22.7. The van der Waals surface area contributed by atoms with E-state index in [0.717, 1.165) is 25.0 Å². The summed E-state index contributed by atoms with van der Waals surface area (Å²) in [7, 11) is 0. The van der Waals surface area contributed by atoms with E-state index in [2.05, 4.69) is 5.32 Å². The van der Waals surface area contributed by atoms with Crippen molar-refractivity contribution in [1.29, 1.82) is 0 Å². The number of carbonyl (C=O) groups is 2. The minimum Gasteiger partial charge on any atom is -0.478 e. The van der Waals surface area contributed by atoms with Crippen LogP contribution in [0.2, 0.25) is 0 Å². The highest BCUT2D eigenvalue weighted by Crippen LogP contribution is 2.36. The fourth-order valence-corrected chi connectivity index (χ4v) is 3.21. The molecular formula is C19H26N2O4. The van der Waals surface area contributed by atoms with Gasteiger partial charge in [-0.05, 0) is 43.4 Å². The summed E-state index contributed by atoms with van der Waals surface area (Å²) in [5.41, 5.74) is 1.68. The second kappa shape index (κ2) is 7.44. The number of hydrogen-bond donors (Lipinski definition) is 1. The Labute approximate surface area is 148 Å². The Morgan fingerprint density at radius 1 is 1.40 bits per heavy atom. The van der Waals surface area contributed by atoms with E-state index < -0.39 is 6.10 Å². The van der Waals surface area contributed by atoms with E-state index >= 15 is 0 Å². The number of aryl methyl sites for hydroxylation is 1. The molecule has 2 aliphatic heterocycles. The molecule has 0 radical (unpaired) electrons. The first-order valence-electron chi connectivity index (χ1n) is 8.92. The van der Waals surface area contributed by atoms with Crippen molar-refractivity contribution < 1.29 is 19.1 Å². The molecule has 0 bridgehead atoms. The molecule has 1 fully saturated rings. The molecule has 3 rings (SSSR count). The van der Waals surface area contributed by atoms with E-state index in [1.807, 2.05) is 39.0 Å². The van der Waals surface area contributed by atoms with Gasteiger partial charge in [-0.2, -0.15) is 0 Å². The number of ether oxygens (including phenoxy) is 2. The third-order valence-electron chi connectivity index (χ3n) is 4.63. The average molecular weight is 346 g/mol. The van der Waals surface area contributed by atoms with E-state index in [-0.39, 0.29) is 30.4 Å². The van der Waals surface area contributed by atoms with Crippen molar-refractivity contribution in [3.05, 3.63) is 23.8 Å². The summed E-state index contributed by atoms with van der Waals surface area (Å²) >= 11 is 0. The topological polar surface area (TPSA) is 67.9 Å². The third kappa shape index (κ3) is 3.95. The molecule has 2 aliphatic rings. The Morgan fingerprint density at radius 2 is 2.20 bits per heavy atom. The Bertz CT molecular complexity index is 653. The second-order valence-electron chi connectivity index (χ2n) is 7.12. The Hall–Kier alpha value is -2.08. The summed E-state index contributed by atoms with van der Waals surface area (Å²) in [6.45, 7) is 7.08. The zero-order chi connectivity index (χ0) is 18.0. The minimum atomic E-state index is -0.568. The van der Waals surface area contributed by atoms with E-state index in [0.29, 0.717) is 18.0 Å². The highest BCUT2D eigenvalue weighted by Gasteiger charge is 2.37. The maximum atomic E-state index is 12.8. The number of hydrogen-bond acceptors (Lipinski definition) is 4. The van der Waals surface area contributed by atoms with Crippen molar-refractivity contribution in [1.82, 2.24) is 5.32 Å². The van der Waals surface area contributed by atoms with Gasteiger partial charge < -0.3 is 14.8 Å². The quantitative estimate of drug-likeness (QED) is 0.886. The summed E-state index contributed by atoms with van der Waals surface area (Å²) in [6.07, 6.45) is 1.52. The van der Waals surface area contributed by atoms with Crippen LogP contribution >= 0.6 is 0 Å². The molecule has 6 nitrogen and oxygen atoms in total. The molecule has 25 heavy (non-hydrogen) atoms. The first kappa shape index (κ1) is 17.7. The van der Waals surface area contributed by atoms with Crippen LogP contribution < -0.4 is 15.0 Å². The van der Waals surface area contributed by atoms with Gasteiger partial charge >= 0.3 is 0 Å². The highest BCUT2D eigenvalue weighted by molar-refractivity contribution is 6.04. The van der Waals surface area contributed by atoms with Crippen LogP contribution in [0.25, 0.3) is 0 Å². The van der Waals surface area contributed by atoms with E-state index in [9.17, 15) is 9.59 Å². The highest BCUT2D eigenvalue weighted by atomic mass is 16.5. The first-order chi connectivity index (χ1) is 12.0. The number of fused-ring (bicyclic) bond motifs is 1. The largest absolute Gasteiger partial charge is 0.478 e. The average Bonchev–Trinajstić information content (AvgIpc) is 3.09. The zero-order valence-electron chi connectivity index (χ0n) is 15.1. The van der Waals surface area contributed by atoms with E-state index in [4.69, 9.17) is 9.47 Å². The van der Waals surface area contributed by atoms with Crippen molar-refractivity contribution in [3.63, 3.8) is 0 Å². The molecule has 2 amide bonds. The van der Waals surface area contributed by atoms with Crippen molar-refractivity contribution in [2.75, 3.05) is 24.6 Å². The summed E-state index contributed by atoms with van der Waals surface area (Å²) in [5.74, 6) is 0.330. The number of nitrogens with zero attached hydrogens (tertiary/aromatic N) is 1. The van der Waals surface area contributed by atoms with Gasteiger partial charge in [-0.15, -0.1) is 0 Å². The number of benzene rings is 1. The summed E-state index contributed by atoms with van der Waals surface area (Å²) in [6, 6.07) is 5.70. The predicted molar refractivity (Wildman–Crippen MR) is 94.8 cm³/mol. The number of amides is 2. The van der Waals surface area contributed by atoms with Gasteiger partial charge in [0.2, 0.25) is 5.91 Å². The molecule has 2 atom stereocenters. The molecule has 136 valence electrons. The predicted octanol–water partition coefficient (Wildman–Crippen LogP) is 2.04. The number of rotatable bonds is 5. The lowest BCUT2D eigenvalue weighted by Gasteiger charge is -2.35. The van der Waals surface area contributed by atoms with Gasteiger partial charge in [0.25, 0.3) is 5.91 Å². The molecule has 0 aromatic heterocycles. The number of nitrogens with one attached hydrogen (secondary N) is 1. The van der Waals surface area contributed by atoms with Gasteiger partial charge in [0.05, 0.1) is 11.8 Å². The Kier molecular flexibility index (Phi) is 5.27. The molecule has 0 spiro atoms. The van der Waals surface area contributed by atoms with Crippen LogP contribution in [-0.2, 0) is 14.3 Å². The van der Waals surface area contributed by atoms with Crippen molar-refractivity contribution in [2.24, 2.45) is 5.92 Å². The number of carbonyl (C=O) groups excluding carboxylic acids is 2. The maximum absolute atomic E-state index is 12.8. The standard InChI is InChI=1S/C19H26N2O4/c1-12(2)18-19(23)21(15-9-13(3)6-7-16(15)25-18)11-17(22)20-10-14-5-4-8-24-14/h6-7,9,12,14,18H,4-5,8,10-11H2,1-3H3,(H,20,22)/t14-,18+/m1/s1. The molecule has 1 saturated heterocycles. The van der Waals surface area contributed by atoms with Gasteiger partial charge in [-0.3, -0.25) is 14.5 Å². The lowest BCUT2D eigenvalue weighted by Crippen LogP contribution is -2.52. The Balaban J connectivity index is 1.74. The maximum Gasteiger partial charge on any atom is 0.268 e. The molecule has 0 aliphatic carbocycles. The molecule has 2 heterocycles. The first-order valence-corrected chi connectivity index (χ1v) is 8.92. The molecule has 1 N–H and O–H groups in total. The summed E-state index contributed by atoms with van der Waals surface area (Å²) in [4.78, 5) is 26.8. The lowest BCUT2D eigenvalue weighted by atomic mass is 10.0. The van der Waals surface area contributed by atoms with E-state index in [1.54, 1.807) is 4.90 Å². The van der Waals surface area contributed by atoms with E-state index in [1.165, 1.54) is 0 Å². The third-order valence-corrected chi connectivity index (χ3v) is 4.63. The van der Waals surface area contributed by atoms with Crippen LogP contribution in [0.4, 0.5) is 5.69 Å². The van der Waals surface area contributed by atoms with Crippen LogP contribution in [0.5, 0.6) is 5.75 Å². The zero-order valence-corrected chi connectivity index (χ0v) is 15.1. The van der Waals surface area contributed by atoms with Crippen LogP contribution in [0.15, 0.2) is 18.2 Å². The smallest absolute Gasteiger partial charge is 0.268 e. The second-order valence-corrected chi connectivity index (χ2v) is 7.12. The summed E-state index contributed by atoms with van der Waals surface area (Å²) in [5, 5.41) is 2.88. The fraction of sp³-hybridized carbons (Fsp3) is 0.579. The molecule has 0 unspecified atom stereocenters. The van der Waals surface area contributed by atoms with Gasteiger partial charge in [0.1, 0.15) is 12.3 Å². The molecule has 1 aromatic rings. The van der Waals surface area contributed by atoms with Gasteiger partial charge in [-0.25, -0.2) is 0 Å². The van der Waals surface area contributed by atoms with Crippen LogP contribution in [0.1, 0.15) is 32.3 Å². The van der Waals surface area contributed by atoms with Crippen molar-refractivity contribution in [2.45, 2.75) is 45.8 Å². The molecule has 6 heteroatoms. The number of anilines is 1. The molecular weight excluding hydrogens is 320 g/mol. The van der Waals surface area contributed by atoms with Crippen molar-refractivity contribution in [3.8, 4) is 5.75 Å². The summed E-state index contributed by atoms with van der Waals surface area (Å²) < 4.78 is 11.4. The SMILES string of the molecule is Cc1ccc2c(c1)N(CC(=O)NC[C@H]1CCCO1)C(=O)[C@H](C(C)C)O2. The van der Waals surface area contributed by atoms with Crippen LogP contribution in [0.3, 0.4) is 0 Å². The molecule has 0 saturated carbocycles. The fourth-order valence-electron chi connectivity index (χ4n) is 3.21. The van der Waals surface area contributed by atoms with Gasteiger partial charge in [0, 0.05) is 13.2 Å². The van der Waals surface area contributed by atoms with Gasteiger partial charge in [-0.1, -0.05) is 19.9 Å². The lowest BCUT2D eigenvalue weighted by molar-refractivity contribution is -0.130. The Morgan fingerprint density at radius 3 is 2.88 bits per heavy atom. The van der Waals surface area contributed by atoms with Gasteiger partial charge in [0.15, 0.2) is 6.10 Å². The van der Waals surface area contributed by atoms with Crippen LogP contribution in [0, 0.1) is 12.8 Å². The monoisotopic (exact) mass is 346 g/mol. The minimum absolute atomic E-state index is 0.00537. The van der Waals surface area contributed by atoms with Crippen LogP contribution in [-0.4, -0.2) is 43.7 Å². The van der Waals surface area contributed by atoms with Crippen molar-refractivity contribution >= 4 is 17.5 Å².